The van der Waals surface area contributed by atoms with Crippen molar-refractivity contribution in [3.05, 3.63) is 28.2 Å². The number of nitrogens with zero attached hydrogens (tertiary/aromatic N) is 1. The van der Waals surface area contributed by atoms with Gasteiger partial charge in [0.2, 0.25) is 5.72 Å². The lowest BCUT2D eigenvalue weighted by molar-refractivity contribution is -0.162. The second-order valence-electron chi connectivity index (χ2n) is 3.87. The zero-order chi connectivity index (χ0) is 13.2. The monoisotopic (exact) mass is 253 g/mol. The van der Waals surface area contributed by atoms with Crippen LogP contribution in [0.1, 0.15) is 23.2 Å². The van der Waals surface area contributed by atoms with Crippen LogP contribution in [0.5, 0.6) is 0 Å². The molecule has 8 heteroatoms. The van der Waals surface area contributed by atoms with Crippen molar-refractivity contribution >= 4 is 11.9 Å². The molecule has 1 aromatic rings. The van der Waals surface area contributed by atoms with Crippen molar-refractivity contribution in [1.29, 1.82) is 0 Å². The summed E-state index contributed by atoms with van der Waals surface area (Å²) in [6, 6.07) is 1.03. The van der Waals surface area contributed by atoms with Crippen LogP contribution in [-0.2, 0) is 9.53 Å². The average Bonchev–Trinajstić information content (AvgIpc) is 2.79. The number of nitrogens with one attached hydrogen (secondary N) is 2. The first kappa shape index (κ1) is 12.2. The second-order valence-corrected chi connectivity index (χ2v) is 3.87. The Morgan fingerprint density at radius 1 is 1.56 bits per heavy atom. The van der Waals surface area contributed by atoms with Gasteiger partial charge in [-0.25, -0.2) is 9.89 Å². The molecule has 1 amide bonds. The van der Waals surface area contributed by atoms with Gasteiger partial charge in [-0.1, -0.05) is 0 Å². The molecule has 0 aliphatic carbocycles. The van der Waals surface area contributed by atoms with Gasteiger partial charge in [0.1, 0.15) is 0 Å². The van der Waals surface area contributed by atoms with E-state index in [1.54, 1.807) is 0 Å². The Morgan fingerprint density at radius 2 is 2.33 bits per heavy atom. The van der Waals surface area contributed by atoms with E-state index >= 15 is 0 Å². The first-order valence-corrected chi connectivity index (χ1v) is 5.28. The van der Waals surface area contributed by atoms with E-state index in [2.05, 4.69) is 15.5 Å². The Labute approximate surface area is 101 Å². The van der Waals surface area contributed by atoms with E-state index in [-0.39, 0.29) is 18.6 Å². The van der Waals surface area contributed by atoms with Gasteiger partial charge in [0.25, 0.3) is 11.5 Å². The van der Waals surface area contributed by atoms with E-state index in [0.717, 1.165) is 12.3 Å². The van der Waals surface area contributed by atoms with Gasteiger partial charge in [-0.3, -0.25) is 9.59 Å². The number of aliphatic carboxylic acids is 1. The van der Waals surface area contributed by atoms with Gasteiger partial charge in [0.05, 0.1) is 18.4 Å². The molecule has 1 aromatic heterocycles. The third-order valence-electron chi connectivity index (χ3n) is 2.61. The van der Waals surface area contributed by atoms with Gasteiger partial charge in [0.15, 0.2) is 0 Å². The lowest BCUT2D eigenvalue weighted by atomic mass is 10.1. The van der Waals surface area contributed by atoms with Gasteiger partial charge < -0.3 is 15.2 Å². The van der Waals surface area contributed by atoms with Crippen LogP contribution >= 0.6 is 0 Å². The van der Waals surface area contributed by atoms with Gasteiger partial charge in [-0.05, 0) is 6.42 Å². The number of H-pyrrole nitrogens is 1. The highest BCUT2D eigenvalue weighted by atomic mass is 16.5. The van der Waals surface area contributed by atoms with Crippen LogP contribution < -0.4 is 10.9 Å². The number of aromatic nitrogens is 2. The number of ether oxygens (including phenoxy) is 1. The van der Waals surface area contributed by atoms with Crippen molar-refractivity contribution in [1.82, 2.24) is 15.5 Å². The highest BCUT2D eigenvalue weighted by molar-refractivity contribution is 5.97. The minimum atomic E-state index is -1.71. The number of aromatic amines is 1. The SMILES string of the molecule is O=C(N[C@@]1(C(=O)O)CCCO1)c1cn[nH]c(=O)c1. The summed E-state index contributed by atoms with van der Waals surface area (Å²) in [7, 11) is 0. The molecule has 1 fully saturated rings. The number of rotatable bonds is 3. The van der Waals surface area contributed by atoms with Crippen LogP contribution in [0.25, 0.3) is 0 Å². The molecule has 96 valence electrons. The zero-order valence-corrected chi connectivity index (χ0v) is 9.30. The summed E-state index contributed by atoms with van der Waals surface area (Å²) in [6.07, 6.45) is 1.87. The lowest BCUT2D eigenvalue weighted by Crippen LogP contribution is -2.54. The van der Waals surface area contributed by atoms with Crippen LogP contribution in [-0.4, -0.2) is 39.5 Å². The molecule has 1 atom stereocenters. The number of amides is 1. The van der Waals surface area contributed by atoms with E-state index in [9.17, 15) is 14.4 Å². The fourth-order valence-electron chi connectivity index (χ4n) is 1.72. The van der Waals surface area contributed by atoms with Crippen LogP contribution in [0, 0.1) is 0 Å². The largest absolute Gasteiger partial charge is 0.478 e. The number of carboxylic acids is 1. The van der Waals surface area contributed by atoms with Crippen LogP contribution in [0.15, 0.2) is 17.1 Å². The fraction of sp³-hybridized carbons (Fsp3) is 0.400. The maximum atomic E-state index is 11.8. The first-order chi connectivity index (χ1) is 8.53. The van der Waals surface area contributed by atoms with Crippen molar-refractivity contribution in [3.63, 3.8) is 0 Å². The minimum absolute atomic E-state index is 0.0186. The minimum Gasteiger partial charge on any atom is -0.478 e. The van der Waals surface area contributed by atoms with Crippen molar-refractivity contribution < 1.29 is 19.4 Å². The molecule has 1 aliphatic heterocycles. The normalized spacial score (nSPS) is 22.7. The molecule has 1 saturated heterocycles. The molecule has 0 spiro atoms. The first-order valence-electron chi connectivity index (χ1n) is 5.28. The predicted molar refractivity (Wildman–Crippen MR) is 57.9 cm³/mol. The van der Waals surface area contributed by atoms with E-state index in [1.807, 2.05) is 0 Å². The molecular weight excluding hydrogens is 242 g/mol. The quantitative estimate of drug-likeness (QED) is 0.641. The maximum absolute atomic E-state index is 11.8. The van der Waals surface area contributed by atoms with E-state index < -0.39 is 23.2 Å². The van der Waals surface area contributed by atoms with Crippen LogP contribution in [0.4, 0.5) is 0 Å². The molecule has 0 unspecified atom stereocenters. The third kappa shape index (κ3) is 2.23. The maximum Gasteiger partial charge on any atom is 0.357 e. The molecule has 2 rings (SSSR count). The van der Waals surface area contributed by atoms with Crippen molar-refractivity contribution in [2.45, 2.75) is 18.6 Å². The van der Waals surface area contributed by atoms with Crippen molar-refractivity contribution in [2.75, 3.05) is 6.61 Å². The van der Waals surface area contributed by atoms with Gasteiger partial charge in [0, 0.05) is 12.5 Å². The summed E-state index contributed by atoms with van der Waals surface area (Å²) in [4.78, 5) is 33.9. The summed E-state index contributed by atoms with van der Waals surface area (Å²) < 4.78 is 5.09. The second kappa shape index (κ2) is 4.57. The molecule has 0 aromatic carbocycles. The Kier molecular flexibility index (Phi) is 3.11. The Balaban J connectivity index is 2.20. The number of carboxylic acid groups (broad SMARTS) is 1. The zero-order valence-electron chi connectivity index (χ0n) is 9.30. The Morgan fingerprint density at radius 3 is 2.89 bits per heavy atom. The summed E-state index contributed by atoms with van der Waals surface area (Å²) in [5, 5.41) is 17.0. The standard InChI is InChI=1S/C10H11N3O5/c14-7-4-6(5-11-13-7)8(15)12-10(9(16)17)2-1-3-18-10/h4-5H,1-3H2,(H,12,15)(H,13,14)(H,16,17)/t10-/m0/s1. The van der Waals surface area contributed by atoms with E-state index in [0.29, 0.717) is 6.42 Å². The number of carbonyl (C=O) groups excluding carboxylic acids is 1. The van der Waals surface area contributed by atoms with E-state index in [4.69, 9.17) is 9.84 Å². The summed E-state index contributed by atoms with van der Waals surface area (Å²) in [6.45, 7) is 0.264. The topological polar surface area (TPSA) is 121 Å². The van der Waals surface area contributed by atoms with Crippen molar-refractivity contribution in [2.24, 2.45) is 0 Å². The predicted octanol–water partition coefficient (Wildman–Crippen LogP) is -0.909. The molecular formula is C10H11N3O5. The molecule has 2 heterocycles. The molecule has 1 aliphatic rings. The molecule has 3 N–H and O–H groups in total. The third-order valence-corrected chi connectivity index (χ3v) is 2.61. The van der Waals surface area contributed by atoms with Gasteiger partial charge in [-0.15, -0.1) is 0 Å². The Bertz CT molecular complexity index is 532. The molecule has 18 heavy (non-hydrogen) atoms. The molecule has 0 saturated carbocycles. The summed E-state index contributed by atoms with van der Waals surface area (Å²) in [5.74, 6) is -1.97. The molecule has 8 nitrogen and oxygen atoms in total. The number of hydrogen-bond donors (Lipinski definition) is 3. The number of hydrogen-bond acceptors (Lipinski definition) is 5. The lowest BCUT2D eigenvalue weighted by Gasteiger charge is -2.24. The number of carbonyl (C=O) groups is 2. The summed E-state index contributed by atoms with van der Waals surface area (Å²) >= 11 is 0. The summed E-state index contributed by atoms with van der Waals surface area (Å²) in [5.41, 5.74) is -2.27. The van der Waals surface area contributed by atoms with Crippen LogP contribution in [0.3, 0.4) is 0 Å². The fourth-order valence-corrected chi connectivity index (χ4v) is 1.72. The molecule has 0 bridgehead atoms. The highest BCUT2D eigenvalue weighted by Gasteiger charge is 2.44. The van der Waals surface area contributed by atoms with E-state index in [1.165, 1.54) is 0 Å². The van der Waals surface area contributed by atoms with Gasteiger partial charge >= 0.3 is 5.97 Å². The van der Waals surface area contributed by atoms with Crippen LogP contribution in [0.2, 0.25) is 0 Å². The average molecular weight is 253 g/mol. The smallest absolute Gasteiger partial charge is 0.357 e. The highest BCUT2D eigenvalue weighted by Crippen LogP contribution is 2.23. The molecule has 0 radical (unpaired) electrons. The van der Waals surface area contributed by atoms with Gasteiger partial charge in [-0.2, -0.15) is 5.10 Å². The van der Waals surface area contributed by atoms with Crippen molar-refractivity contribution in [3.8, 4) is 0 Å². The Hall–Kier alpha value is -2.22.